The monoisotopic (exact) mass is 398 g/mol. The second-order valence-corrected chi connectivity index (χ2v) is 3.00. The molecule has 0 aliphatic carbocycles. The van der Waals surface area contributed by atoms with Gasteiger partial charge in [0.05, 0.1) is 0 Å². The summed E-state index contributed by atoms with van der Waals surface area (Å²) in [4.78, 5) is 0. The largest absolute Gasteiger partial charge is 0 e. The summed E-state index contributed by atoms with van der Waals surface area (Å²) in [6.07, 6.45) is 0. The summed E-state index contributed by atoms with van der Waals surface area (Å²) in [5, 5.41) is 0. The van der Waals surface area contributed by atoms with Gasteiger partial charge in [-0.3, -0.25) is 0 Å². The number of hydrogen-bond donors (Lipinski definition) is 2. The standard InChI is InChI=1S/Hg.H2O4Te/c;1-5(2,3)4/h;(H2,1,2,3,4). The quantitative estimate of drug-likeness (QED) is 0.479. The molecule has 0 fully saturated rings. The van der Waals surface area contributed by atoms with Crippen LogP contribution in [0.4, 0.5) is 0 Å². The Hall–Kier alpha value is 1.24. The van der Waals surface area contributed by atoms with Crippen LogP contribution in [0.25, 0.3) is 0 Å². The van der Waals surface area contributed by atoms with Crippen LogP contribution in [0.15, 0.2) is 0 Å². The van der Waals surface area contributed by atoms with E-state index < -0.39 is 19.0 Å². The molecule has 0 unspecified atom stereocenters. The van der Waals surface area contributed by atoms with Gasteiger partial charge in [0, 0.05) is 27.7 Å². The van der Waals surface area contributed by atoms with Crippen molar-refractivity contribution in [2.45, 2.75) is 0 Å². The molecule has 0 rings (SSSR count). The molecule has 0 aromatic carbocycles. The van der Waals surface area contributed by atoms with Gasteiger partial charge in [-0.05, 0) is 0 Å². The van der Waals surface area contributed by atoms with Gasteiger partial charge in [0.1, 0.15) is 0 Å². The van der Waals surface area contributed by atoms with Crippen LogP contribution in [0, 0.1) is 0 Å². The first-order chi connectivity index (χ1) is 2.00. The number of hydrogen-bond acceptors (Lipinski definition) is 2. The van der Waals surface area contributed by atoms with E-state index in [9.17, 15) is 0 Å². The molecule has 4 nitrogen and oxygen atoms in total. The van der Waals surface area contributed by atoms with Crippen molar-refractivity contribution in [3.05, 3.63) is 0 Å². The maximum absolute atomic E-state index is 8.85. The Bertz CT molecular complexity index is 90.7. The molecule has 0 radical (unpaired) electrons. The third-order valence-corrected chi connectivity index (χ3v) is 0. The maximum Gasteiger partial charge on any atom is 0 e. The molecular weight excluding hydrogens is 392 g/mol. The second kappa shape index (κ2) is 3.27. The van der Waals surface area contributed by atoms with E-state index in [0.29, 0.717) is 0 Å². The van der Waals surface area contributed by atoms with Crippen molar-refractivity contribution in [1.29, 1.82) is 0 Å². The van der Waals surface area contributed by atoms with Gasteiger partial charge in [-0.15, -0.1) is 0 Å². The molecule has 0 saturated carbocycles. The van der Waals surface area contributed by atoms with Crippen molar-refractivity contribution in [2.75, 3.05) is 0 Å². The molecule has 34 valence electrons. The van der Waals surface area contributed by atoms with Gasteiger partial charge in [-0.1, -0.05) is 0 Å². The zero-order valence-electron chi connectivity index (χ0n) is 2.83. The third-order valence-electron chi connectivity index (χ3n) is 0. The Morgan fingerprint density at radius 2 is 1.17 bits per heavy atom. The predicted molar refractivity (Wildman–Crippen MR) is 11.6 cm³/mol. The van der Waals surface area contributed by atoms with Gasteiger partial charge in [0.25, 0.3) is 0 Å². The zero-order valence-corrected chi connectivity index (χ0v) is 10.7. The predicted octanol–water partition coefficient (Wildman–Crippen LogP) is -1.73. The van der Waals surface area contributed by atoms with E-state index in [0.717, 1.165) is 0 Å². The van der Waals surface area contributed by atoms with Crippen molar-refractivity contribution in [2.24, 2.45) is 0 Å². The van der Waals surface area contributed by atoms with Crippen molar-refractivity contribution in [3.8, 4) is 0 Å². The topological polar surface area (TPSA) is 74.6 Å². The fourth-order valence-corrected chi connectivity index (χ4v) is 0. The first-order valence-corrected chi connectivity index (χ1v) is 4.69. The summed E-state index contributed by atoms with van der Waals surface area (Å²) in [6.45, 7) is 0. The van der Waals surface area contributed by atoms with E-state index >= 15 is 0 Å². The molecule has 6 heavy (non-hydrogen) atoms. The van der Waals surface area contributed by atoms with Gasteiger partial charge in [-0.25, -0.2) is 0 Å². The first-order valence-electron chi connectivity index (χ1n) is 0.698. The van der Waals surface area contributed by atoms with Crippen LogP contribution < -0.4 is 0 Å². The molecule has 0 aliphatic heterocycles. The van der Waals surface area contributed by atoms with E-state index in [-0.39, 0.29) is 27.7 Å². The Morgan fingerprint density at radius 3 is 1.17 bits per heavy atom. The fraction of sp³-hybridized carbons (Fsp3) is 0. The van der Waals surface area contributed by atoms with Gasteiger partial charge in [-0.2, -0.15) is 0 Å². The Labute approximate surface area is 59.3 Å². The minimum atomic E-state index is -5.52. The summed E-state index contributed by atoms with van der Waals surface area (Å²) < 4.78 is 32.0. The van der Waals surface area contributed by atoms with Crippen LogP contribution in [-0.4, -0.2) is 25.9 Å². The van der Waals surface area contributed by atoms with Crippen molar-refractivity contribution < 1.29 is 40.8 Å². The van der Waals surface area contributed by atoms with Crippen molar-refractivity contribution in [3.63, 3.8) is 0 Å². The fourth-order valence-electron chi connectivity index (χ4n) is 0. The molecule has 0 spiro atoms. The van der Waals surface area contributed by atoms with E-state index in [1.54, 1.807) is 0 Å². The Morgan fingerprint density at radius 1 is 1.17 bits per heavy atom. The summed E-state index contributed by atoms with van der Waals surface area (Å²) in [7, 11) is 0. The molecule has 0 aromatic rings. The molecule has 0 aromatic heterocycles. The molecule has 0 atom stereocenters. The van der Waals surface area contributed by atoms with Crippen LogP contribution in [0.5, 0.6) is 0 Å². The van der Waals surface area contributed by atoms with Crippen LogP contribution in [0.2, 0.25) is 0 Å². The summed E-state index contributed by atoms with van der Waals surface area (Å²) in [5.41, 5.74) is 0. The molecule has 6 heteroatoms. The summed E-state index contributed by atoms with van der Waals surface area (Å²) in [6, 6.07) is 0. The zero-order chi connectivity index (χ0) is 4.50. The SMILES string of the molecule is O=[Te](=O)(O)O.[Hg]. The van der Waals surface area contributed by atoms with Crippen LogP contribution in [0.3, 0.4) is 0 Å². The maximum atomic E-state index is 8.85. The Balaban J connectivity index is 0. The molecule has 0 aliphatic rings. The minimum Gasteiger partial charge on any atom is 0 e. The smallest absolute Gasteiger partial charge is 0 e. The third kappa shape index (κ3) is 61.0. The first kappa shape index (κ1) is 10.3. The van der Waals surface area contributed by atoms with Crippen molar-refractivity contribution >= 4 is 19.0 Å². The molecule has 2 N–H and O–H groups in total. The molecule has 0 saturated heterocycles. The van der Waals surface area contributed by atoms with E-state index in [4.69, 9.17) is 13.2 Å². The van der Waals surface area contributed by atoms with Gasteiger partial charge < -0.3 is 0 Å². The second-order valence-electron chi connectivity index (χ2n) is 0.448. The minimum absolute atomic E-state index is 0. The average Bonchev–Trinajstić information content (AvgIpc) is 0.722. The van der Waals surface area contributed by atoms with Crippen LogP contribution in [0.1, 0.15) is 0 Å². The number of rotatable bonds is 0. The summed E-state index contributed by atoms with van der Waals surface area (Å²) >= 11 is -5.52. The molecule has 0 heterocycles. The molecule has 0 bridgehead atoms. The molecular formula is H2HgO4Te. The van der Waals surface area contributed by atoms with E-state index in [1.807, 2.05) is 0 Å². The van der Waals surface area contributed by atoms with Gasteiger partial charge >= 0.3 is 32.1 Å². The normalized spacial score (nSPS) is 9.67. The van der Waals surface area contributed by atoms with Crippen LogP contribution >= 0.6 is 0 Å². The molecule has 0 amide bonds. The van der Waals surface area contributed by atoms with Crippen LogP contribution in [-0.2, 0) is 33.9 Å². The van der Waals surface area contributed by atoms with E-state index in [1.165, 1.54) is 0 Å². The average molecular weight is 394 g/mol. The van der Waals surface area contributed by atoms with E-state index in [2.05, 4.69) is 0 Å². The van der Waals surface area contributed by atoms with Gasteiger partial charge in [0.15, 0.2) is 0 Å². The summed E-state index contributed by atoms with van der Waals surface area (Å²) in [5.74, 6) is 0. The Kier molecular flexibility index (Phi) is 5.60. The van der Waals surface area contributed by atoms with Crippen molar-refractivity contribution in [1.82, 2.24) is 0 Å². The van der Waals surface area contributed by atoms with Gasteiger partial charge in [0.2, 0.25) is 0 Å².